The third-order valence-electron chi connectivity index (χ3n) is 3.66. The van der Waals surface area contributed by atoms with Crippen LogP contribution >= 0.6 is 0 Å². The van der Waals surface area contributed by atoms with Crippen molar-refractivity contribution in [1.82, 2.24) is 10.2 Å². The minimum atomic E-state index is 0.715. The van der Waals surface area contributed by atoms with Crippen LogP contribution in [-0.2, 0) is 0 Å². The molecule has 1 aliphatic heterocycles. The van der Waals surface area contributed by atoms with Gasteiger partial charge in [0.15, 0.2) is 0 Å². The van der Waals surface area contributed by atoms with Gasteiger partial charge in [-0.2, -0.15) is 0 Å². The Morgan fingerprint density at radius 1 is 1.50 bits per heavy atom. The van der Waals surface area contributed by atoms with Crippen molar-refractivity contribution in [2.24, 2.45) is 5.92 Å². The lowest BCUT2D eigenvalue weighted by molar-refractivity contribution is 0.224. The number of nitrogens with zero attached hydrogens (tertiary/aromatic N) is 1. The van der Waals surface area contributed by atoms with Crippen LogP contribution < -0.4 is 5.32 Å². The Balaban J connectivity index is 2.16. The van der Waals surface area contributed by atoms with E-state index in [-0.39, 0.29) is 0 Å². The molecule has 0 radical (unpaired) electrons. The molecule has 0 spiro atoms. The van der Waals surface area contributed by atoms with Crippen molar-refractivity contribution < 1.29 is 0 Å². The topological polar surface area (TPSA) is 15.3 Å². The Bertz CT molecular complexity index is 191. The molecule has 0 aliphatic carbocycles. The summed E-state index contributed by atoms with van der Waals surface area (Å²) in [5.74, 6) is 0.952. The van der Waals surface area contributed by atoms with Crippen molar-refractivity contribution >= 4 is 0 Å². The van der Waals surface area contributed by atoms with Gasteiger partial charge in [-0.3, -0.25) is 0 Å². The first-order valence-electron chi connectivity index (χ1n) is 6.79. The predicted molar refractivity (Wildman–Crippen MR) is 71.7 cm³/mol. The van der Waals surface area contributed by atoms with Crippen molar-refractivity contribution in [3.05, 3.63) is 12.7 Å². The second-order valence-electron chi connectivity index (χ2n) is 5.14. The highest BCUT2D eigenvalue weighted by Crippen LogP contribution is 2.19. The third-order valence-corrected chi connectivity index (χ3v) is 3.66. The highest BCUT2D eigenvalue weighted by Gasteiger charge is 2.20. The first-order chi connectivity index (χ1) is 7.76. The number of allylic oxidation sites excluding steroid dienone is 1. The molecule has 2 atom stereocenters. The summed E-state index contributed by atoms with van der Waals surface area (Å²) in [6.07, 6.45) is 8.47. The lowest BCUT2D eigenvalue weighted by Gasteiger charge is -2.32. The molecule has 94 valence electrons. The Morgan fingerprint density at radius 2 is 2.31 bits per heavy atom. The average Bonchev–Trinajstić information content (AvgIpc) is 2.29. The van der Waals surface area contributed by atoms with Crippen LogP contribution in [0.3, 0.4) is 0 Å². The van der Waals surface area contributed by atoms with E-state index in [2.05, 4.69) is 30.8 Å². The lowest BCUT2D eigenvalue weighted by atomic mass is 9.90. The number of likely N-dealkylation sites (N-methyl/N-ethyl adjacent to an activating group) is 1. The molecule has 2 heteroatoms. The zero-order chi connectivity index (χ0) is 11.8. The molecule has 0 bridgehead atoms. The highest BCUT2D eigenvalue weighted by molar-refractivity contribution is 4.80. The van der Waals surface area contributed by atoms with Gasteiger partial charge in [-0.05, 0) is 51.7 Å². The maximum absolute atomic E-state index is 3.76. The zero-order valence-corrected chi connectivity index (χ0v) is 11.0. The van der Waals surface area contributed by atoms with Crippen LogP contribution in [0, 0.1) is 5.92 Å². The summed E-state index contributed by atoms with van der Waals surface area (Å²) < 4.78 is 0. The molecule has 1 rings (SSSR count). The van der Waals surface area contributed by atoms with E-state index in [9.17, 15) is 0 Å². The van der Waals surface area contributed by atoms with E-state index in [4.69, 9.17) is 0 Å². The summed E-state index contributed by atoms with van der Waals surface area (Å²) >= 11 is 0. The number of rotatable bonds is 7. The Labute approximate surface area is 101 Å². The SMILES string of the molecule is C=CCCCN(C)CC1CC(CC)CCN1. The molecule has 0 aromatic heterocycles. The van der Waals surface area contributed by atoms with E-state index in [1.807, 2.05) is 6.08 Å². The minimum Gasteiger partial charge on any atom is -0.313 e. The molecule has 2 nitrogen and oxygen atoms in total. The molecule has 1 aliphatic rings. The van der Waals surface area contributed by atoms with Crippen LogP contribution in [0.2, 0.25) is 0 Å². The fourth-order valence-corrected chi connectivity index (χ4v) is 2.58. The molecule has 1 heterocycles. The van der Waals surface area contributed by atoms with E-state index in [0.717, 1.165) is 12.3 Å². The maximum Gasteiger partial charge on any atom is 0.0197 e. The zero-order valence-electron chi connectivity index (χ0n) is 11.0. The molecule has 2 unspecified atom stereocenters. The van der Waals surface area contributed by atoms with E-state index < -0.39 is 0 Å². The molecule has 0 amide bonds. The number of nitrogens with one attached hydrogen (secondary N) is 1. The van der Waals surface area contributed by atoms with E-state index >= 15 is 0 Å². The quantitative estimate of drug-likeness (QED) is 0.528. The molecule has 0 aromatic rings. The molecule has 0 aromatic carbocycles. The molecule has 1 saturated heterocycles. The number of unbranched alkanes of at least 4 members (excludes halogenated alkanes) is 1. The average molecular weight is 224 g/mol. The van der Waals surface area contributed by atoms with Crippen molar-refractivity contribution in [1.29, 1.82) is 0 Å². The van der Waals surface area contributed by atoms with Crippen molar-refractivity contribution in [2.45, 2.75) is 45.1 Å². The van der Waals surface area contributed by atoms with Crippen LogP contribution in [0.5, 0.6) is 0 Å². The summed E-state index contributed by atoms with van der Waals surface area (Å²) in [6, 6.07) is 0.715. The van der Waals surface area contributed by atoms with E-state index in [1.165, 1.54) is 45.3 Å². The summed E-state index contributed by atoms with van der Waals surface area (Å²) in [6.45, 7) is 9.69. The molecular weight excluding hydrogens is 196 g/mol. The van der Waals surface area contributed by atoms with Gasteiger partial charge in [0.25, 0.3) is 0 Å². The minimum absolute atomic E-state index is 0.715. The van der Waals surface area contributed by atoms with E-state index in [1.54, 1.807) is 0 Å². The standard InChI is InChI=1S/C14H28N2/c1-4-6-7-10-16(3)12-14-11-13(5-2)8-9-15-14/h4,13-15H,1,5-12H2,2-3H3. The number of piperidine rings is 1. The van der Waals surface area contributed by atoms with Crippen molar-refractivity contribution in [3.63, 3.8) is 0 Å². The van der Waals surface area contributed by atoms with Crippen LogP contribution in [0.25, 0.3) is 0 Å². The van der Waals surface area contributed by atoms with Crippen LogP contribution in [0.15, 0.2) is 12.7 Å². The monoisotopic (exact) mass is 224 g/mol. The molecular formula is C14H28N2. The Kier molecular flexibility index (Phi) is 6.74. The van der Waals surface area contributed by atoms with Gasteiger partial charge < -0.3 is 10.2 Å². The van der Waals surface area contributed by atoms with Gasteiger partial charge in [-0.15, -0.1) is 6.58 Å². The number of hydrogen-bond donors (Lipinski definition) is 1. The smallest absolute Gasteiger partial charge is 0.0197 e. The van der Waals surface area contributed by atoms with E-state index in [0.29, 0.717) is 6.04 Å². The second kappa shape index (κ2) is 7.86. The lowest BCUT2D eigenvalue weighted by Crippen LogP contribution is -2.45. The first kappa shape index (κ1) is 13.7. The van der Waals surface area contributed by atoms with Gasteiger partial charge in [0.2, 0.25) is 0 Å². The van der Waals surface area contributed by atoms with Gasteiger partial charge in [-0.25, -0.2) is 0 Å². The summed E-state index contributed by atoms with van der Waals surface area (Å²) in [5.41, 5.74) is 0. The second-order valence-corrected chi connectivity index (χ2v) is 5.14. The summed E-state index contributed by atoms with van der Waals surface area (Å²) in [7, 11) is 2.24. The Hall–Kier alpha value is -0.340. The maximum atomic E-state index is 3.76. The van der Waals surface area contributed by atoms with Gasteiger partial charge in [0.1, 0.15) is 0 Å². The molecule has 1 fully saturated rings. The Morgan fingerprint density at radius 3 is 3.00 bits per heavy atom. The van der Waals surface area contributed by atoms with Crippen molar-refractivity contribution in [3.8, 4) is 0 Å². The van der Waals surface area contributed by atoms with Gasteiger partial charge in [0, 0.05) is 12.6 Å². The largest absolute Gasteiger partial charge is 0.313 e. The highest BCUT2D eigenvalue weighted by atomic mass is 15.1. The molecule has 1 N–H and O–H groups in total. The van der Waals surface area contributed by atoms with Crippen molar-refractivity contribution in [2.75, 3.05) is 26.7 Å². The fourth-order valence-electron chi connectivity index (χ4n) is 2.58. The molecule has 16 heavy (non-hydrogen) atoms. The third kappa shape index (κ3) is 5.13. The predicted octanol–water partition coefficient (Wildman–Crippen LogP) is 2.66. The van der Waals surface area contributed by atoms with Gasteiger partial charge in [-0.1, -0.05) is 19.4 Å². The fraction of sp³-hybridized carbons (Fsp3) is 0.857. The normalized spacial score (nSPS) is 25.9. The summed E-state index contributed by atoms with van der Waals surface area (Å²) in [4.78, 5) is 2.46. The molecule has 0 saturated carbocycles. The van der Waals surface area contributed by atoms with Gasteiger partial charge in [0.05, 0.1) is 0 Å². The van der Waals surface area contributed by atoms with Crippen LogP contribution in [-0.4, -0.2) is 37.6 Å². The summed E-state index contributed by atoms with van der Waals surface area (Å²) in [5, 5.41) is 3.64. The first-order valence-corrected chi connectivity index (χ1v) is 6.79. The van der Waals surface area contributed by atoms with Crippen LogP contribution in [0.1, 0.15) is 39.0 Å². The van der Waals surface area contributed by atoms with Crippen LogP contribution in [0.4, 0.5) is 0 Å². The number of hydrogen-bond acceptors (Lipinski definition) is 2. The van der Waals surface area contributed by atoms with Gasteiger partial charge >= 0.3 is 0 Å².